The monoisotopic (exact) mass is 182 g/mol. The van der Waals surface area contributed by atoms with E-state index in [0.717, 1.165) is 6.07 Å². The molecule has 2 N–H and O–H groups in total. The highest BCUT2D eigenvalue weighted by Crippen LogP contribution is 2.14. The molecule has 1 rings (SSSR count). The van der Waals surface area contributed by atoms with Crippen molar-refractivity contribution in [2.75, 3.05) is 19.8 Å². The lowest BCUT2D eigenvalue weighted by Crippen LogP contribution is -2.22. The smallest absolute Gasteiger partial charge is 0.255 e. The molecule has 0 spiro atoms. The van der Waals surface area contributed by atoms with Crippen LogP contribution in [0.5, 0.6) is 0 Å². The van der Waals surface area contributed by atoms with E-state index >= 15 is 0 Å². The summed E-state index contributed by atoms with van der Waals surface area (Å²) < 4.78 is 12.7. The zero-order chi connectivity index (χ0) is 10.0. The molecule has 1 aromatic rings. The first-order valence-corrected chi connectivity index (χ1v) is 3.79. The van der Waals surface area contributed by atoms with E-state index in [1.807, 2.05) is 0 Å². The Hall–Kier alpha value is -1.58. The number of nitrogens with zero attached hydrogens (tertiary/aromatic N) is 1. The van der Waals surface area contributed by atoms with E-state index in [9.17, 15) is 9.18 Å². The van der Waals surface area contributed by atoms with E-state index in [4.69, 9.17) is 5.73 Å². The van der Waals surface area contributed by atoms with Crippen LogP contribution in [0, 0.1) is 5.82 Å². The van der Waals surface area contributed by atoms with Crippen molar-refractivity contribution in [3.63, 3.8) is 0 Å². The Morgan fingerprint density at radius 2 is 2.08 bits per heavy atom. The zero-order valence-corrected chi connectivity index (χ0v) is 7.54. The molecule has 1 aromatic carbocycles. The van der Waals surface area contributed by atoms with Gasteiger partial charge < -0.3 is 10.6 Å². The molecule has 0 aromatic heterocycles. The Bertz CT molecular complexity index is 336. The molecule has 3 nitrogen and oxygen atoms in total. The van der Waals surface area contributed by atoms with Crippen LogP contribution >= 0.6 is 0 Å². The minimum Gasteiger partial charge on any atom is -0.398 e. The second kappa shape index (κ2) is 3.43. The van der Waals surface area contributed by atoms with Crippen molar-refractivity contribution in [1.29, 1.82) is 0 Å². The summed E-state index contributed by atoms with van der Waals surface area (Å²) in [5, 5.41) is 0. The lowest BCUT2D eigenvalue weighted by molar-refractivity contribution is 0.0828. The predicted molar refractivity (Wildman–Crippen MR) is 48.8 cm³/mol. The van der Waals surface area contributed by atoms with Gasteiger partial charge in [-0.05, 0) is 18.2 Å². The summed E-state index contributed by atoms with van der Waals surface area (Å²) in [7, 11) is 3.18. The van der Waals surface area contributed by atoms with Crippen LogP contribution in [0.2, 0.25) is 0 Å². The Morgan fingerprint density at radius 1 is 1.46 bits per heavy atom. The average molecular weight is 182 g/mol. The molecule has 0 heterocycles. The van der Waals surface area contributed by atoms with E-state index in [1.54, 1.807) is 14.1 Å². The van der Waals surface area contributed by atoms with Gasteiger partial charge in [-0.2, -0.15) is 0 Å². The van der Waals surface area contributed by atoms with Gasteiger partial charge in [0.05, 0.1) is 5.56 Å². The van der Waals surface area contributed by atoms with Crippen LogP contribution in [0.3, 0.4) is 0 Å². The normalized spacial score (nSPS) is 9.77. The largest absolute Gasteiger partial charge is 0.398 e. The third-order valence-electron chi connectivity index (χ3n) is 1.65. The molecule has 0 radical (unpaired) electrons. The molecular weight excluding hydrogens is 171 g/mol. The third kappa shape index (κ3) is 1.96. The number of carbonyl (C=O) groups excluding carboxylic acids is 1. The molecule has 0 aliphatic rings. The molecule has 0 saturated heterocycles. The molecule has 70 valence electrons. The van der Waals surface area contributed by atoms with Gasteiger partial charge >= 0.3 is 0 Å². The summed E-state index contributed by atoms with van der Waals surface area (Å²) in [6.07, 6.45) is 0. The summed E-state index contributed by atoms with van der Waals surface area (Å²) in [5.74, 6) is -0.753. The first kappa shape index (κ1) is 9.51. The summed E-state index contributed by atoms with van der Waals surface area (Å²) in [6, 6.07) is 3.74. The fourth-order valence-electron chi connectivity index (χ4n) is 0.955. The van der Waals surface area contributed by atoms with E-state index in [1.165, 1.54) is 17.0 Å². The fraction of sp³-hybridized carbons (Fsp3) is 0.222. The van der Waals surface area contributed by atoms with Crippen LogP contribution in [0.1, 0.15) is 10.4 Å². The SMILES string of the molecule is CN(C)C(=O)c1cc(F)ccc1N. The summed E-state index contributed by atoms with van der Waals surface area (Å²) in [5.41, 5.74) is 6.00. The third-order valence-corrected chi connectivity index (χ3v) is 1.65. The van der Waals surface area contributed by atoms with Gasteiger partial charge in [-0.25, -0.2) is 4.39 Å². The molecule has 0 bridgehead atoms. The highest BCUT2D eigenvalue weighted by Gasteiger charge is 2.11. The van der Waals surface area contributed by atoms with Crippen molar-refractivity contribution in [2.24, 2.45) is 0 Å². The van der Waals surface area contributed by atoms with Crippen LogP contribution in [-0.4, -0.2) is 24.9 Å². The van der Waals surface area contributed by atoms with Crippen molar-refractivity contribution in [3.05, 3.63) is 29.6 Å². The van der Waals surface area contributed by atoms with Gasteiger partial charge in [-0.3, -0.25) is 4.79 Å². The molecule has 4 heteroatoms. The molecule has 0 saturated carbocycles. The van der Waals surface area contributed by atoms with Crippen LogP contribution in [0.4, 0.5) is 10.1 Å². The van der Waals surface area contributed by atoms with E-state index in [2.05, 4.69) is 0 Å². The first-order chi connectivity index (χ1) is 6.02. The Morgan fingerprint density at radius 3 is 2.62 bits per heavy atom. The maximum absolute atomic E-state index is 12.7. The number of benzene rings is 1. The number of hydrogen-bond acceptors (Lipinski definition) is 2. The average Bonchev–Trinajstić information content (AvgIpc) is 2.08. The van der Waals surface area contributed by atoms with Crippen LogP contribution in [0.25, 0.3) is 0 Å². The lowest BCUT2D eigenvalue weighted by Gasteiger charge is -2.11. The topological polar surface area (TPSA) is 46.3 Å². The molecule has 0 atom stereocenters. The summed E-state index contributed by atoms with van der Waals surface area (Å²) in [6.45, 7) is 0. The van der Waals surface area contributed by atoms with Crippen LogP contribution in [-0.2, 0) is 0 Å². The highest BCUT2D eigenvalue weighted by atomic mass is 19.1. The van der Waals surface area contributed by atoms with Crippen molar-refractivity contribution in [3.8, 4) is 0 Å². The van der Waals surface area contributed by atoms with Crippen LogP contribution < -0.4 is 5.73 Å². The van der Waals surface area contributed by atoms with Gasteiger partial charge in [0.25, 0.3) is 5.91 Å². The number of hydrogen-bond donors (Lipinski definition) is 1. The minimum absolute atomic E-state index is 0.199. The highest BCUT2D eigenvalue weighted by molar-refractivity contribution is 5.98. The van der Waals surface area contributed by atoms with Crippen molar-refractivity contribution in [2.45, 2.75) is 0 Å². The number of amides is 1. The Labute approximate surface area is 76.0 Å². The number of halogens is 1. The molecule has 0 fully saturated rings. The zero-order valence-electron chi connectivity index (χ0n) is 7.54. The van der Waals surface area contributed by atoms with Crippen molar-refractivity contribution < 1.29 is 9.18 Å². The van der Waals surface area contributed by atoms with Crippen molar-refractivity contribution >= 4 is 11.6 Å². The molecule has 1 amide bonds. The van der Waals surface area contributed by atoms with Crippen LogP contribution in [0.15, 0.2) is 18.2 Å². The second-order valence-electron chi connectivity index (χ2n) is 2.93. The number of rotatable bonds is 1. The molecule has 0 aliphatic heterocycles. The molecule has 13 heavy (non-hydrogen) atoms. The van der Waals surface area contributed by atoms with Gasteiger partial charge in [0.1, 0.15) is 5.82 Å². The number of nitrogens with two attached hydrogens (primary N) is 1. The van der Waals surface area contributed by atoms with Gasteiger partial charge in [0.2, 0.25) is 0 Å². The minimum atomic E-state index is -0.459. The van der Waals surface area contributed by atoms with E-state index in [-0.39, 0.29) is 11.5 Å². The molecule has 0 aliphatic carbocycles. The van der Waals surface area contributed by atoms with Gasteiger partial charge in [-0.15, -0.1) is 0 Å². The molecular formula is C9H11FN2O. The van der Waals surface area contributed by atoms with E-state index in [0.29, 0.717) is 5.69 Å². The summed E-state index contributed by atoms with van der Waals surface area (Å²) in [4.78, 5) is 12.7. The second-order valence-corrected chi connectivity index (χ2v) is 2.93. The maximum atomic E-state index is 12.7. The van der Waals surface area contributed by atoms with E-state index < -0.39 is 5.82 Å². The quantitative estimate of drug-likeness (QED) is 0.661. The fourth-order valence-corrected chi connectivity index (χ4v) is 0.955. The predicted octanol–water partition coefficient (Wildman–Crippen LogP) is 1.11. The van der Waals surface area contributed by atoms with Gasteiger partial charge in [0.15, 0.2) is 0 Å². The Kier molecular flexibility index (Phi) is 2.51. The number of nitrogen functional groups attached to an aromatic ring is 1. The van der Waals surface area contributed by atoms with Crippen molar-refractivity contribution in [1.82, 2.24) is 4.90 Å². The number of carbonyl (C=O) groups is 1. The first-order valence-electron chi connectivity index (χ1n) is 3.79. The van der Waals surface area contributed by atoms with Gasteiger partial charge in [0, 0.05) is 19.8 Å². The lowest BCUT2D eigenvalue weighted by atomic mass is 10.1. The standard InChI is InChI=1S/C9H11FN2O/c1-12(2)9(13)7-5-6(10)3-4-8(7)11/h3-5H,11H2,1-2H3. The summed E-state index contributed by atoms with van der Waals surface area (Å²) >= 11 is 0. The number of anilines is 1. The Balaban J connectivity index is 3.13. The maximum Gasteiger partial charge on any atom is 0.255 e. The van der Waals surface area contributed by atoms with Gasteiger partial charge in [-0.1, -0.05) is 0 Å². The molecule has 0 unspecified atom stereocenters.